The molecule has 0 unspecified atom stereocenters. The molecule has 2 fully saturated rings. The van der Waals surface area contributed by atoms with Gasteiger partial charge in [-0.15, -0.1) is 0 Å². The van der Waals surface area contributed by atoms with Gasteiger partial charge < -0.3 is 48.2 Å². The number of benzene rings is 3. The molecule has 0 aliphatic carbocycles. The van der Waals surface area contributed by atoms with Crippen LogP contribution in [0.25, 0.3) is 0 Å². The lowest BCUT2D eigenvalue weighted by atomic mass is 9.84. The smallest absolute Gasteiger partial charge is 0.413 e. The summed E-state index contributed by atoms with van der Waals surface area (Å²) in [6.45, 7) is 9.53. The molecule has 0 spiro atoms. The second-order valence-electron chi connectivity index (χ2n) is 14.4. The topological polar surface area (TPSA) is 119 Å². The van der Waals surface area contributed by atoms with E-state index in [2.05, 4.69) is 15.9 Å². The Kier molecular flexibility index (Phi) is 13.2. The van der Waals surface area contributed by atoms with Gasteiger partial charge in [0.15, 0.2) is 0 Å². The first kappa shape index (κ1) is 39.1. The molecule has 3 aromatic rings. The van der Waals surface area contributed by atoms with Crippen LogP contribution in [-0.2, 0) is 30.3 Å². The highest BCUT2D eigenvalue weighted by Crippen LogP contribution is 2.36. The van der Waals surface area contributed by atoms with Crippen molar-refractivity contribution >= 4 is 23.4 Å². The number of amides is 1. The summed E-state index contributed by atoms with van der Waals surface area (Å²) < 4.78 is 48.6. The van der Waals surface area contributed by atoms with Crippen LogP contribution in [0.4, 0.5) is 20.6 Å². The number of ether oxygens (including phenoxy) is 6. The maximum Gasteiger partial charge on any atom is 0.413 e. The van der Waals surface area contributed by atoms with E-state index in [-0.39, 0.29) is 37.5 Å². The van der Waals surface area contributed by atoms with Crippen LogP contribution >= 0.6 is 0 Å². The van der Waals surface area contributed by atoms with E-state index < -0.39 is 36.5 Å². The van der Waals surface area contributed by atoms with Crippen molar-refractivity contribution in [3.63, 3.8) is 0 Å². The number of piperidine rings is 1. The van der Waals surface area contributed by atoms with E-state index in [1.54, 1.807) is 27.0 Å². The molecular weight excluding hydrogens is 697 g/mol. The van der Waals surface area contributed by atoms with Crippen LogP contribution in [0, 0.1) is 11.7 Å². The Morgan fingerprint density at radius 1 is 0.981 bits per heavy atom. The van der Waals surface area contributed by atoms with Crippen LogP contribution in [0.3, 0.4) is 0 Å². The Bertz CT molecular complexity index is 1710. The fraction of sp³-hybridized carbons (Fsp3) is 0.512. The molecule has 54 heavy (non-hydrogen) atoms. The minimum atomic E-state index is -1.10. The summed E-state index contributed by atoms with van der Waals surface area (Å²) in [4.78, 5) is 31.2. The van der Waals surface area contributed by atoms with Crippen molar-refractivity contribution in [3.05, 3.63) is 83.7 Å². The van der Waals surface area contributed by atoms with E-state index in [0.717, 1.165) is 60.7 Å². The third kappa shape index (κ3) is 9.93. The van der Waals surface area contributed by atoms with Crippen LogP contribution < -0.4 is 19.3 Å². The third-order valence-corrected chi connectivity index (χ3v) is 10.0. The molecule has 3 aliphatic heterocycles. The number of fused-ring (bicyclic) bond motifs is 1. The molecule has 292 valence electrons. The molecule has 0 aromatic heterocycles. The highest BCUT2D eigenvalue weighted by molar-refractivity contribution is 5.72. The number of aliphatic hydroxyl groups is 1. The second-order valence-corrected chi connectivity index (χ2v) is 14.4. The van der Waals surface area contributed by atoms with Crippen molar-refractivity contribution in [3.8, 4) is 11.5 Å². The summed E-state index contributed by atoms with van der Waals surface area (Å²) >= 11 is 0. The first-order valence-corrected chi connectivity index (χ1v) is 18.8. The van der Waals surface area contributed by atoms with Crippen LogP contribution in [0.5, 0.6) is 11.5 Å². The van der Waals surface area contributed by atoms with Crippen LogP contribution in [0.2, 0.25) is 0 Å². The number of carbonyl (C=O) groups excluding carboxylic acids is 2. The molecule has 1 amide bonds. The van der Waals surface area contributed by atoms with Crippen LogP contribution in [0.15, 0.2) is 66.7 Å². The lowest BCUT2D eigenvalue weighted by molar-refractivity contribution is -0.171. The van der Waals surface area contributed by atoms with Gasteiger partial charge in [-0.1, -0.05) is 38.1 Å². The maximum atomic E-state index is 13.8. The molecule has 13 heteroatoms. The van der Waals surface area contributed by atoms with E-state index in [0.29, 0.717) is 25.5 Å². The van der Waals surface area contributed by atoms with Crippen molar-refractivity contribution in [2.24, 2.45) is 5.92 Å². The number of hydrogen-bond donors (Lipinski definition) is 1. The third-order valence-electron chi connectivity index (χ3n) is 10.0. The van der Waals surface area contributed by atoms with Gasteiger partial charge in [-0.3, -0.25) is 4.79 Å². The number of halogens is 1. The molecule has 5 atom stereocenters. The first-order valence-electron chi connectivity index (χ1n) is 18.8. The van der Waals surface area contributed by atoms with Crippen molar-refractivity contribution in [1.82, 2.24) is 4.90 Å². The SMILES string of the molecule is COCCCN1CCOc2ccc(CO[C@H]3CN(C(=O)O[C@@H](C)OC(=O)C(C)C)C[C@@H](O)[C@@H]3c3ccc(O[C@H]4CCN(c5cccc(F)c5)C4)cc3)cc21. The van der Waals surface area contributed by atoms with Gasteiger partial charge >= 0.3 is 12.1 Å². The highest BCUT2D eigenvalue weighted by atomic mass is 19.1. The van der Waals surface area contributed by atoms with Gasteiger partial charge in [0.05, 0.1) is 56.6 Å². The molecule has 6 rings (SSSR count). The average molecular weight is 750 g/mol. The van der Waals surface area contributed by atoms with Gasteiger partial charge in [-0.2, -0.15) is 0 Å². The van der Waals surface area contributed by atoms with Gasteiger partial charge in [-0.25, -0.2) is 9.18 Å². The molecule has 3 aliphatic rings. The second kappa shape index (κ2) is 18.2. The summed E-state index contributed by atoms with van der Waals surface area (Å²) in [6.07, 6.45) is -1.78. The largest absolute Gasteiger partial charge is 0.490 e. The maximum absolute atomic E-state index is 13.8. The van der Waals surface area contributed by atoms with Gasteiger partial charge in [0, 0.05) is 51.8 Å². The van der Waals surface area contributed by atoms with Gasteiger partial charge in [0.2, 0.25) is 6.29 Å². The molecule has 3 heterocycles. The molecule has 1 N–H and O–H groups in total. The molecule has 2 saturated heterocycles. The lowest BCUT2D eigenvalue weighted by Gasteiger charge is -2.41. The fourth-order valence-corrected chi connectivity index (χ4v) is 7.21. The van der Waals surface area contributed by atoms with Crippen LogP contribution in [-0.4, -0.2) is 106 Å². The molecule has 12 nitrogen and oxygen atoms in total. The van der Waals surface area contributed by atoms with E-state index in [1.807, 2.05) is 42.5 Å². The Hall–Kier alpha value is -4.59. The number of β-amino-alcohol motifs (C(OH)–C–C–N with tert-alkyl or cyclic N) is 1. The zero-order valence-electron chi connectivity index (χ0n) is 31.5. The molecule has 0 radical (unpaired) electrons. The van der Waals surface area contributed by atoms with Gasteiger partial charge in [0.1, 0.15) is 30.0 Å². The van der Waals surface area contributed by atoms with Crippen molar-refractivity contribution in [2.75, 3.05) is 69.4 Å². The standard InChI is InChI=1S/C41H52FN3O9/c1-27(2)40(47)52-28(3)53-41(48)45-24-36(46)39(30-10-12-33(13-11-30)54-34-15-17-44(23-34)32-8-5-7-31(42)22-32)38(25-45)51-26-29-9-14-37-35(21-29)43(18-20-50-37)16-6-19-49-4/h5,7-14,21-22,27-28,34,36,38-39,46H,6,15-20,23-26H2,1-4H3/t28-,34-,36+,38-,39-/m0/s1. The summed E-state index contributed by atoms with van der Waals surface area (Å²) in [7, 11) is 1.70. The summed E-state index contributed by atoms with van der Waals surface area (Å²) in [5.41, 5.74) is 3.58. The highest BCUT2D eigenvalue weighted by Gasteiger charge is 2.41. The predicted octanol–water partition coefficient (Wildman–Crippen LogP) is 5.75. The summed E-state index contributed by atoms with van der Waals surface area (Å²) in [5.74, 6) is -0.0868. The zero-order valence-corrected chi connectivity index (χ0v) is 31.5. The number of rotatable bonds is 14. The zero-order chi connectivity index (χ0) is 38.2. The van der Waals surface area contributed by atoms with E-state index in [4.69, 9.17) is 28.4 Å². The number of anilines is 2. The molecule has 0 saturated carbocycles. The Balaban J connectivity index is 1.15. The molecule has 3 aromatic carbocycles. The van der Waals surface area contributed by atoms with E-state index in [1.165, 1.54) is 24.0 Å². The number of likely N-dealkylation sites (tertiary alicyclic amines) is 1. The molecular formula is C41H52FN3O9. The monoisotopic (exact) mass is 749 g/mol. The molecule has 0 bridgehead atoms. The number of methoxy groups -OCH3 is 1. The van der Waals surface area contributed by atoms with Gasteiger partial charge in [-0.05, 0) is 60.0 Å². The number of esters is 1. The summed E-state index contributed by atoms with van der Waals surface area (Å²) in [5, 5.41) is 11.6. The van der Waals surface area contributed by atoms with E-state index >= 15 is 0 Å². The summed E-state index contributed by atoms with van der Waals surface area (Å²) in [6, 6.07) is 20.2. The first-order chi connectivity index (χ1) is 26.1. The minimum Gasteiger partial charge on any atom is -0.490 e. The number of nitrogens with zero attached hydrogens (tertiary/aromatic N) is 3. The average Bonchev–Trinajstić information content (AvgIpc) is 3.63. The Morgan fingerprint density at radius 3 is 2.56 bits per heavy atom. The minimum absolute atomic E-state index is 0.00291. The fourth-order valence-electron chi connectivity index (χ4n) is 7.21. The van der Waals surface area contributed by atoms with Crippen molar-refractivity contribution in [2.45, 2.75) is 70.7 Å². The lowest BCUT2D eigenvalue weighted by Crippen LogP contribution is -2.54. The van der Waals surface area contributed by atoms with E-state index in [9.17, 15) is 19.1 Å². The van der Waals surface area contributed by atoms with Gasteiger partial charge in [0.25, 0.3) is 0 Å². The van der Waals surface area contributed by atoms with Crippen molar-refractivity contribution in [1.29, 1.82) is 0 Å². The Labute approximate surface area is 316 Å². The number of hydrogen-bond acceptors (Lipinski definition) is 11. The normalized spacial score (nSPS) is 21.7. The number of carbonyl (C=O) groups is 2. The Morgan fingerprint density at radius 2 is 1.80 bits per heavy atom. The predicted molar refractivity (Wildman–Crippen MR) is 201 cm³/mol. The quantitative estimate of drug-likeness (QED) is 0.123. The van der Waals surface area contributed by atoms with Crippen molar-refractivity contribution < 1.29 is 47.5 Å². The van der Waals surface area contributed by atoms with Crippen LogP contribution in [0.1, 0.15) is 50.7 Å². The number of aliphatic hydroxyl groups excluding tert-OH is 1.